The van der Waals surface area contributed by atoms with E-state index in [1.807, 2.05) is 18.0 Å². The van der Waals surface area contributed by atoms with E-state index in [2.05, 4.69) is 6.58 Å². The fraction of sp³-hybridized carbons (Fsp3) is 0.357. The molecule has 0 radical (unpaired) electrons. The van der Waals surface area contributed by atoms with Gasteiger partial charge in [0.15, 0.2) is 0 Å². The summed E-state index contributed by atoms with van der Waals surface area (Å²) in [5.41, 5.74) is 1.51. The maximum atomic E-state index is 12.2. The third kappa shape index (κ3) is 2.33. The van der Waals surface area contributed by atoms with E-state index < -0.39 is 0 Å². The topological polar surface area (TPSA) is 29.5 Å². The van der Waals surface area contributed by atoms with Crippen LogP contribution >= 0.6 is 0 Å². The van der Waals surface area contributed by atoms with Gasteiger partial charge in [-0.05, 0) is 36.6 Å². The minimum atomic E-state index is 0.0602. The highest BCUT2D eigenvalue weighted by molar-refractivity contribution is 5.98. The van der Waals surface area contributed by atoms with Crippen LogP contribution in [0.15, 0.2) is 24.8 Å². The lowest BCUT2D eigenvalue weighted by Gasteiger charge is -2.18. The Kier molecular flexibility index (Phi) is 3.18. The van der Waals surface area contributed by atoms with E-state index in [0.717, 1.165) is 24.2 Å². The van der Waals surface area contributed by atoms with Gasteiger partial charge in [-0.2, -0.15) is 0 Å². The molecule has 1 aliphatic carbocycles. The summed E-state index contributed by atoms with van der Waals surface area (Å²) in [5, 5.41) is 0. The number of nitrogens with zero attached hydrogens (tertiary/aromatic N) is 1. The third-order valence-electron chi connectivity index (χ3n) is 3.12. The fourth-order valence-corrected chi connectivity index (χ4v) is 1.85. The number of methoxy groups -OCH3 is 1. The second-order valence-electron chi connectivity index (χ2n) is 4.30. The summed E-state index contributed by atoms with van der Waals surface area (Å²) < 4.78 is 5.14. The van der Waals surface area contributed by atoms with Crippen LogP contribution < -0.4 is 4.74 Å². The Labute approximate surface area is 102 Å². The second-order valence-corrected chi connectivity index (χ2v) is 4.30. The van der Waals surface area contributed by atoms with Crippen LogP contribution in [0.2, 0.25) is 0 Å². The molecule has 1 aliphatic rings. The van der Waals surface area contributed by atoms with Crippen LogP contribution in [-0.4, -0.2) is 31.0 Å². The van der Waals surface area contributed by atoms with Crippen molar-refractivity contribution in [2.24, 2.45) is 0 Å². The van der Waals surface area contributed by atoms with Gasteiger partial charge in [0, 0.05) is 18.7 Å². The van der Waals surface area contributed by atoms with E-state index in [4.69, 9.17) is 4.74 Å². The van der Waals surface area contributed by atoms with Crippen LogP contribution in [0.3, 0.4) is 0 Å². The van der Waals surface area contributed by atoms with Crippen molar-refractivity contribution in [3.63, 3.8) is 0 Å². The van der Waals surface area contributed by atoms with Crippen molar-refractivity contribution in [1.82, 2.24) is 4.90 Å². The number of carbonyl (C=O) groups is 1. The molecule has 0 spiro atoms. The number of hydrogen-bond acceptors (Lipinski definition) is 2. The molecule has 17 heavy (non-hydrogen) atoms. The van der Waals surface area contributed by atoms with Gasteiger partial charge in [0.25, 0.3) is 5.91 Å². The van der Waals surface area contributed by atoms with Gasteiger partial charge in [-0.25, -0.2) is 0 Å². The average molecular weight is 231 g/mol. The van der Waals surface area contributed by atoms with Crippen molar-refractivity contribution in [3.05, 3.63) is 35.9 Å². The highest BCUT2D eigenvalue weighted by Crippen LogP contribution is 2.28. The van der Waals surface area contributed by atoms with Gasteiger partial charge in [0.2, 0.25) is 0 Å². The maximum absolute atomic E-state index is 12.2. The van der Waals surface area contributed by atoms with Crippen molar-refractivity contribution in [2.75, 3.05) is 14.2 Å². The minimum absolute atomic E-state index is 0.0602. The Morgan fingerprint density at radius 1 is 1.53 bits per heavy atom. The lowest BCUT2D eigenvalue weighted by Crippen LogP contribution is -2.29. The molecule has 90 valence electrons. The molecule has 1 saturated carbocycles. The van der Waals surface area contributed by atoms with Crippen molar-refractivity contribution >= 4 is 12.0 Å². The molecule has 0 atom stereocenters. The molecule has 0 unspecified atom stereocenters. The Morgan fingerprint density at radius 2 is 2.24 bits per heavy atom. The minimum Gasteiger partial charge on any atom is -0.497 e. The molecule has 2 rings (SSSR count). The molecule has 1 fully saturated rings. The average Bonchev–Trinajstić information content (AvgIpc) is 3.20. The number of hydrogen-bond donors (Lipinski definition) is 0. The molecule has 0 aromatic heterocycles. The summed E-state index contributed by atoms with van der Waals surface area (Å²) in [6.45, 7) is 3.74. The highest BCUT2D eigenvalue weighted by Gasteiger charge is 2.30. The molecule has 0 aliphatic heterocycles. The molecular formula is C14H17NO2. The number of amides is 1. The predicted octanol–water partition coefficient (Wildman–Crippen LogP) is 2.57. The van der Waals surface area contributed by atoms with Crippen molar-refractivity contribution < 1.29 is 9.53 Å². The number of benzene rings is 1. The fourth-order valence-electron chi connectivity index (χ4n) is 1.85. The SMILES string of the molecule is C=Cc1cc(OC)ccc1C(=O)N(C)C1CC1. The first-order chi connectivity index (χ1) is 8.17. The summed E-state index contributed by atoms with van der Waals surface area (Å²) in [5.74, 6) is 0.801. The van der Waals surface area contributed by atoms with Crippen molar-refractivity contribution in [3.8, 4) is 5.75 Å². The molecule has 0 heterocycles. The van der Waals surface area contributed by atoms with E-state index in [1.54, 1.807) is 25.3 Å². The zero-order valence-electron chi connectivity index (χ0n) is 10.3. The second kappa shape index (κ2) is 4.62. The van der Waals surface area contributed by atoms with Crippen LogP contribution in [0.5, 0.6) is 5.75 Å². The summed E-state index contributed by atoms with van der Waals surface area (Å²) in [4.78, 5) is 14.1. The van der Waals surface area contributed by atoms with Crippen LogP contribution in [0, 0.1) is 0 Å². The van der Waals surface area contributed by atoms with E-state index in [-0.39, 0.29) is 5.91 Å². The van der Waals surface area contributed by atoms with Crippen LogP contribution in [0.25, 0.3) is 6.08 Å². The molecule has 1 aromatic rings. The molecular weight excluding hydrogens is 214 g/mol. The van der Waals surface area contributed by atoms with Crippen molar-refractivity contribution in [2.45, 2.75) is 18.9 Å². The first-order valence-electron chi connectivity index (χ1n) is 5.75. The Bertz CT molecular complexity index is 450. The lowest BCUT2D eigenvalue weighted by atomic mass is 10.1. The lowest BCUT2D eigenvalue weighted by molar-refractivity contribution is 0.0785. The quantitative estimate of drug-likeness (QED) is 0.797. The largest absolute Gasteiger partial charge is 0.497 e. The standard InChI is InChI=1S/C14H17NO2/c1-4-10-9-12(17-3)7-8-13(10)14(16)15(2)11-5-6-11/h4,7-9,11H,1,5-6H2,2-3H3. The first-order valence-corrected chi connectivity index (χ1v) is 5.75. The maximum Gasteiger partial charge on any atom is 0.254 e. The predicted molar refractivity (Wildman–Crippen MR) is 68.2 cm³/mol. The van der Waals surface area contributed by atoms with Crippen LogP contribution in [0.1, 0.15) is 28.8 Å². The molecule has 3 nitrogen and oxygen atoms in total. The van der Waals surface area contributed by atoms with Gasteiger partial charge < -0.3 is 9.64 Å². The summed E-state index contributed by atoms with van der Waals surface area (Å²) >= 11 is 0. The van der Waals surface area contributed by atoms with Crippen molar-refractivity contribution in [1.29, 1.82) is 0 Å². The zero-order chi connectivity index (χ0) is 12.4. The van der Waals surface area contributed by atoms with E-state index in [1.165, 1.54) is 0 Å². The monoisotopic (exact) mass is 231 g/mol. The van der Waals surface area contributed by atoms with E-state index in [9.17, 15) is 4.79 Å². The highest BCUT2D eigenvalue weighted by atomic mass is 16.5. The van der Waals surface area contributed by atoms with Gasteiger partial charge in [-0.1, -0.05) is 12.7 Å². The van der Waals surface area contributed by atoms with Crippen LogP contribution in [0.4, 0.5) is 0 Å². The number of ether oxygens (including phenoxy) is 1. The van der Waals surface area contributed by atoms with Gasteiger partial charge in [-0.15, -0.1) is 0 Å². The molecule has 3 heteroatoms. The molecule has 0 bridgehead atoms. The van der Waals surface area contributed by atoms with Crippen LogP contribution in [-0.2, 0) is 0 Å². The summed E-state index contributed by atoms with van der Waals surface area (Å²) in [7, 11) is 3.47. The summed E-state index contributed by atoms with van der Waals surface area (Å²) in [6, 6.07) is 5.86. The zero-order valence-corrected chi connectivity index (χ0v) is 10.3. The third-order valence-corrected chi connectivity index (χ3v) is 3.12. The van der Waals surface area contributed by atoms with Gasteiger partial charge in [0.05, 0.1) is 7.11 Å². The first kappa shape index (κ1) is 11.7. The number of rotatable bonds is 4. The Balaban J connectivity index is 2.30. The molecule has 0 saturated heterocycles. The van der Waals surface area contributed by atoms with E-state index >= 15 is 0 Å². The molecule has 1 amide bonds. The smallest absolute Gasteiger partial charge is 0.254 e. The van der Waals surface area contributed by atoms with E-state index in [0.29, 0.717) is 11.6 Å². The number of carbonyl (C=O) groups excluding carboxylic acids is 1. The molecule has 1 aromatic carbocycles. The van der Waals surface area contributed by atoms with Gasteiger partial charge >= 0.3 is 0 Å². The Morgan fingerprint density at radius 3 is 2.76 bits per heavy atom. The normalized spacial score (nSPS) is 14.2. The van der Waals surface area contributed by atoms with Gasteiger partial charge in [0.1, 0.15) is 5.75 Å². The molecule has 0 N–H and O–H groups in total. The Hall–Kier alpha value is -1.77. The van der Waals surface area contributed by atoms with Gasteiger partial charge in [-0.3, -0.25) is 4.79 Å². The summed E-state index contributed by atoms with van der Waals surface area (Å²) in [6.07, 6.45) is 3.92.